The monoisotopic (exact) mass is 1190 g/mol. The Balaban J connectivity index is 2.22. The van der Waals surface area contributed by atoms with Gasteiger partial charge in [-0.1, -0.05) is 104 Å². The van der Waals surface area contributed by atoms with Gasteiger partial charge < -0.3 is 50.6 Å². The number of rotatable bonds is 41. The predicted molar refractivity (Wildman–Crippen MR) is 323 cm³/mol. The number of esters is 1. The maximum atomic E-state index is 14.9. The SMILES string of the molecule is CCC(C)C(C(CC(=O)N1CCC[C@@H]1C(OC)C(C)C(=O)NC(Cc1ccccc1)C(=O)OC)OC)N(C)C(=O)C(CC(=O)C(C(C)C)N(C)C(=O)CCCCC(=O)[C@@H](CCCNC(N)=O)NC(=O)C(CC(=O)CCCN=[N+]=[N-])C(C)C)C(C)C. The van der Waals surface area contributed by atoms with E-state index >= 15 is 0 Å². The first-order valence-corrected chi connectivity index (χ1v) is 30.4. The fourth-order valence-corrected chi connectivity index (χ4v) is 11.6. The van der Waals surface area contributed by atoms with Crippen LogP contribution in [-0.4, -0.2) is 171 Å². The molecule has 0 aliphatic carbocycles. The van der Waals surface area contributed by atoms with Gasteiger partial charge in [-0.25, -0.2) is 9.59 Å². The zero-order chi connectivity index (χ0) is 64.1. The van der Waals surface area contributed by atoms with Crippen LogP contribution in [0.4, 0.5) is 4.79 Å². The minimum Gasteiger partial charge on any atom is -0.467 e. The summed E-state index contributed by atoms with van der Waals surface area (Å²) in [5, 5.41) is 11.6. The molecule has 0 bridgehead atoms. The number of nitrogens with one attached hydrogen (secondary N) is 3. The highest BCUT2D eigenvalue weighted by atomic mass is 16.5. The highest BCUT2D eigenvalue weighted by molar-refractivity contribution is 5.94. The number of carbonyl (C=O) groups is 10. The van der Waals surface area contributed by atoms with Gasteiger partial charge in [0.25, 0.3) is 0 Å². The number of primary amides is 1. The summed E-state index contributed by atoms with van der Waals surface area (Å²) in [6.07, 6.45) is 1.96. The predicted octanol–water partition coefficient (Wildman–Crippen LogP) is 6.91. The molecular formula is C62H102N10O13. The maximum Gasteiger partial charge on any atom is 0.328 e. The number of amides is 7. The minimum atomic E-state index is -0.945. The maximum absolute atomic E-state index is 14.9. The van der Waals surface area contributed by atoms with Crippen molar-refractivity contribution in [2.45, 2.75) is 201 Å². The van der Waals surface area contributed by atoms with Crippen molar-refractivity contribution in [3.8, 4) is 0 Å². The molecule has 23 heteroatoms. The third kappa shape index (κ3) is 24.1. The van der Waals surface area contributed by atoms with Crippen LogP contribution in [0.3, 0.4) is 0 Å². The van der Waals surface area contributed by atoms with E-state index in [0.29, 0.717) is 51.5 Å². The molecule has 1 aromatic carbocycles. The van der Waals surface area contributed by atoms with Gasteiger partial charge in [0.05, 0.1) is 55.8 Å². The van der Waals surface area contributed by atoms with Gasteiger partial charge in [0, 0.05) is 103 Å². The normalized spacial score (nSPS) is 16.8. The standard InChI is InChI=1S/C62H102N10O13/c1-15-41(8)56(52(83-12)37-54(77)72-33-23-28-49(72)57(84-13)42(9)58(78)68-48(61(81)85-14)34-43-24-17-16-18-25-43)71(11)60(80)46(39(4)5)36-51(75)55(40(6)7)70(10)53(76)30-20-19-29-50(74)47(27-22-31-65-62(63)82)67-59(79)45(38(2)3)35-44(73)26-21-32-66-69-64/h16-18,24-25,38-42,45-49,52,55-57H,15,19-23,26-37H2,1-14H3,(H,67,79)(H,68,78)(H3,63,65,82)/t41?,42?,45?,46?,47-,48?,49-,52?,55?,56?,57?/m1/s1. The van der Waals surface area contributed by atoms with Gasteiger partial charge in [0.1, 0.15) is 11.8 Å². The summed E-state index contributed by atoms with van der Waals surface area (Å²) in [5.41, 5.74) is 14.6. The molecule has 23 nitrogen and oxygen atoms in total. The van der Waals surface area contributed by atoms with E-state index in [-0.39, 0.29) is 123 Å². The van der Waals surface area contributed by atoms with Crippen molar-refractivity contribution in [3.63, 3.8) is 0 Å². The Kier molecular flexibility index (Phi) is 33.9. The first-order valence-electron chi connectivity index (χ1n) is 30.4. The zero-order valence-electron chi connectivity index (χ0n) is 53.3. The third-order valence-corrected chi connectivity index (χ3v) is 16.8. The molecule has 5 N–H and O–H groups in total. The molecule has 7 amide bonds. The molecule has 1 saturated heterocycles. The van der Waals surface area contributed by atoms with E-state index in [2.05, 4.69) is 26.0 Å². The number of hydrogen-bond acceptors (Lipinski definition) is 14. The highest BCUT2D eigenvalue weighted by Crippen LogP contribution is 2.32. The number of ketones is 3. The van der Waals surface area contributed by atoms with Gasteiger partial charge >= 0.3 is 12.0 Å². The lowest BCUT2D eigenvalue weighted by Crippen LogP contribution is -2.55. The number of urea groups is 1. The Labute approximate surface area is 504 Å². The summed E-state index contributed by atoms with van der Waals surface area (Å²) in [6, 6.07) is 4.74. The second-order valence-electron chi connectivity index (χ2n) is 23.9. The third-order valence-electron chi connectivity index (χ3n) is 16.8. The molecule has 0 aromatic heterocycles. The van der Waals surface area contributed by atoms with Crippen LogP contribution in [0, 0.1) is 41.4 Å². The van der Waals surface area contributed by atoms with Crippen molar-refractivity contribution < 1.29 is 62.2 Å². The average molecular weight is 1200 g/mol. The first kappa shape index (κ1) is 74.6. The van der Waals surface area contributed by atoms with Crippen LogP contribution in [0.5, 0.6) is 0 Å². The molecule has 1 aliphatic rings. The number of hydrogen-bond donors (Lipinski definition) is 4. The molecular weight excluding hydrogens is 1090 g/mol. The molecule has 1 heterocycles. The largest absolute Gasteiger partial charge is 0.467 e. The van der Waals surface area contributed by atoms with E-state index in [0.717, 1.165) is 5.56 Å². The number of methoxy groups -OCH3 is 3. The number of ether oxygens (including phenoxy) is 3. The molecule has 0 spiro atoms. The molecule has 1 aliphatic heterocycles. The van der Waals surface area contributed by atoms with E-state index < -0.39 is 84.0 Å². The van der Waals surface area contributed by atoms with Crippen molar-refractivity contribution in [3.05, 3.63) is 46.3 Å². The van der Waals surface area contributed by atoms with E-state index in [1.54, 1.807) is 30.8 Å². The fourth-order valence-electron chi connectivity index (χ4n) is 11.6. The Bertz CT molecular complexity index is 2380. The molecule has 2 rings (SSSR count). The van der Waals surface area contributed by atoms with Crippen LogP contribution in [0.25, 0.3) is 10.4 Å². The van der Waals surface area contributed by atoms with Crippen molar-refractivity contribution in [2.75, 3.05) is 55.1 Å². The molecule has 1 aromatic rings. The quantitative estimate of drug-likeness (QED) is 0.0171. The van der Waals surface area contributed by atoms with Gasteiger partial charge in [-0.15, -0.1) is 0 Å². The van der Waals surface area contributed by atoms with Crippen LogP contribution in [-0.2, 0) is 63.8 Å². The molecule has 9 unspecified atom stereocenters. The summed E-state index contributed by atoms with van der Waals surface area (Å²) >= 11 is 0. The Morgan fingerprint density at radius 3 is 1.95 bits per heavy atom. The number of unbranched alkanes of at least 4 members (excludes halogenated alkanes) is 1. The van der Waals surface area contributed by atoms with Crippen LogP contribution in [0.15, 0.2) is 35.4 Å². The number of likely N-dealkylation sites (N-methyl/N-ethyl adjacent to an activating group) is 2. The molecule has 478 valence electrons. The van der Waals surface area contributed by atoms with E-state index in [1.807, 2.05) is 85.7 Å². The van der Waals surface area contributed by atoms with Gasteiger partial charge in [-0.05, 0) is 79.7 Å². The lowest BCUT2D eigenvalue weighted by molar-refractivity contribution is -0.150. The topological polar surface area (TPSA) is 319 Å². The number of likely N-dealkylation sites (tertiary alicyclic amines) is 1. The summed E-state index contributed by atoms with van der Waals surface area (Å²) in [6.45, 7) is 17.5. The second-order valence-corrected chi connectivity index (χ2v) is 23.9. The van der Waals surface area contributed by atoms with Crippen molar-refractivity contribution in [1.82, 2.24) is 30.7 Å². The van der Waals surface area contributed by atoms with E-state index in [9.17, 15) is 47.9 Å². The van der Waals surface area contributed by atoms with Crippen molar-refractivity contribution in [2.24, 2.45) is 52.3 Å². The summed E-state index contributed by atoms with van der Waals surface area (Å²) < 4.78 is 17.1. The molecule has 0 radical (unpaired) electrons. The van der Waals surface area contributed by atoms with E-state index in [1.165, 1.54) is 26.2 Å². The van der Waals surface area contributed by atoms with Crippen LogP contribution < -0.4 is 21.7 Å². The summed E-state index contributed by atoms with van der Waals surface area (Å²) in [5.74, 6) is -6.32. The van der Waals surface area contributed by atoms with Crippen molar-refractivity contribution in [1.29, 1.82) is 0 Å². The zero-order valence-corrected chi connectivity index (χ0v) is 53.3. The number of nitrogens with two attached hydrogens (primary N) is 1. The second kappa shape index (κ2) is 38.6. The Morgan fingerprint density at radius 1 is 0.753 bits per heavy atom. The minimum absolute atomic E-state index is 0.0192. The summed E-state index contributed by atoms with van der Waals surface area (Å²) in [7, 11) is 7.52. The van der Waals surface area contributed by atoms with E-state index in [4.69, 9.17) is 25.5 Å². The molecule has 1 fully saturated rings. The number of azide groups is 1. The number of benzene rings is 1. The number of Topliss-reactive ketones (excluding diaryl/α,β-unsaturated/α-hetero) is 3. The highest BCUT2D eigenvalue weighted by Gasteiger charge is 2.44. The van der Waals surface area contributed by atoms with Gasteiger partial charge in [-0.3, -0.25) is 38.4 Å². The van der Waals surface area contributed by atoms with Crippen molar-refractivity contribution >= 4 is 58.9 Å². The van der Waals surface area contributed by atoms with Gasteiger partial charge in [0.2, 0.25) is 29.5 Å². The fraction of sp³-hybridized carbons (Fsp3) is 0.742. The van der Waals surface area contributed by atoms with Crippen LogP contribution in [0.1, 0.15) is 158 Å². The van der Waals surface area contributed by atoms with Gasteiger partial charge in [-0.2, -0.15) is 0 Å². The smallest absolute Gasteiger partial charge is 0.328 e. The lowest BCUT2D eigenvalue weighted by atomic mass is 9.83. The molecule has 85 heavy (non-hydrogen) atoms. The Morgan fingerprint density at radius 2 is 1.39 bits per heavy atom. The summed E-state index contributed by atoms with van der Waals surface area (Å²) in [4.78, 5) is 143. The van der Waals surface area contributed by atoms with Gasteiger partial charge in [0.15, 0.2) is 11.6 Å². The Hall–Kier alpha value is -6.45. The first-order chi connectivity index (χ1) is 40.2. The average Bonchev–Trinajstić information content (AvgIpc) is 3.94. The van der Waals surface area contributed by atoms with Crippen LogP contribution in [0.2, 0.25) is 0 Å². The number of carbonyl (C=O) groups excluding carboxylic acids is 10. The number of nitrogens with zero attached hydrogens (tertiary/aromatic N) is 6. The molecule has 0 saturated carbocycles. The molecule has 11 atom stereocenters. The lowest BCUT2D eigenvalue weighted by Gasteiger charge is -2.41. The van der Waals surface area contributed by atoms with Crippen LogP contribution >= 0.6 is 0 Å².